The molecule has 1 spiro atoms. The molecule has 13 aromatic rings. The second-order valence-electron chi connectivity index (χ2n) is 17.8. The van der Waals surface area contributed by atoms with E-state index in [2.05, 4.69) is 152 Å². The van der Waals surface area contributed by atoms with E-state index in [0.29, 0.717) is 11.1 Å². The van der Waals surface area contributed by atoms with Gasteiger partial charge < -0.3 is 18.4 Å². The van der Waals surface area contributed by atoms with Crippen LogP contribution < -0.4 is 4.74 Å². The molecule has 7 heterocycles. The van der Waals surface area contributed by atoms with E-state index in [9.17, 15) is 10.5 Å². The molecule has 1 aliphatic carbocycles. The topological polar surface area (TPSA) is 110 Å². The minimum absolute atomic E-state index is 0.611. The summed E-state index contributed by atoms with van der Waals surface area (Å²) in [5.41, 5.74) is 15.1. The van der Waals surface area contributed by atoms with Crippen molar-refractivity contribution in [1.82, 2.24) is 28.7 Å². The molecule has 1 aliphatic heterocycles. The fourth-order valence-electron chi connectivity index (χ4n) is 11.9. The van der Waals surface area contributed by atoms with Crippen LogP contribution in [0.4, 0.5) is 0 Å². The molecule has 0 saturated heterocycles. The fourth-order valence-corrected chi connectivity index (χ4v) is 11.9. The van der Waals surface area contributed by atoms with E-state index in [4.69, 9.17) is 14.7 Å². The van der Waals surface area contributed by atoms with Crippen LogP contribution in [0.5, 0.6) is 11.5 Å². The number of hydrogen-bond acceptors (Lipinski definition) is 6. The van der Waals surface area contributed by atoms with Crippen LogP contribution in [0.25, 0.3) is 93.9 Å². The Bertz CT molecular complexity index is 4470. The van der Waals surface area contributed by atoms with E-state index in [1.165, 1.54) is 0 Å². The molecular weight excluding hydrogens is 849 g/mol. The van der Waals surface area contributed by atoms with Crippen LogP contribution in [0.1, 0.15) is 33.4 Å². The van der Waals surface area contributed by atoms with E-state index in [-0.39, 0.29) is 0 Å². The molecule has 69 heavy (non-hydrogen) atoms. The molecule has 0 amide bonds. The van der Waals surface area contributed by atoms with Gasteiger partial charge in [0.2, 0.25) is 0 Å². The third-order valence-corrected chi connectivity index (χ3v) is 14.5. The summed E-state index contributed by atoms with van der Waals surface area (Å²) in [5.74, 6) is 1.45. The average Bonchev–Trinajstić information content (AvgIpc) is 4.12. The van der Waals surface area contributed by atoms with Crippen LogP contribution in [0.15, 0.2) is 195 Å². The number of benzene rings is 7. The number of para-hydroxylation sites is 2. The summed E-state index contributed by atoms with van der Waals surface area (Å²) in [6.07, 6.45) is 7.49. The molecule has 0 saturated carbocycles. The van der Waals surface area contributed by atoms with Gasteiger partial charge in [-0.05, 0) is 114 Å². The normalized spacial score (nSPS) is 13.1. The highest BCUT2D eigenvalue weighted by Crippen LogP contribution is 2.63. The Balaban J connectivity index is 0.979. The van der Waals surface area contributed by atoms with Gasteiger partial charge in [0.05, 0.1) is 85.1 Å². The van der Waals surface area contributed by atoms with Gasteiger partial charge in [0, 0.05) is 79.5 Å². The number of pyridine rings is 3. The van der Waals surface area contributed by atoms with Gasteiger partial charge in [-0.3, -0.25) is 15.0 Å². The lowest BCUT2D eigenvalue weighted by molar-refractivity contribution is 0.435. The van der Waals surface area contributed by atoms with E-state index in [1.54, 1.807) is 0 Å². The third kappa shape index (κ3) is 4.82. The van der Waals surface area contributed by atoms with Gasteiger partial charge in [0.1, 0.15) is 11.5 Å². The average molecular weight is 881 g/mol. The Kier molecular flexibility index (Phi) is 7.38. The van der Waals surface area contributed by atoms with Crippen LogP contribution in [-0.2, 0) is 5.41 Å². The first-order valence-corrected chi connectivity index (χ1v) is 22.8. The summed E-state index contributed by atoms with van der Waals surface area (Å²) in [7, 11) is 0. The molecule has 7 aromatic carbocycles. The first-order valence-electron chi connectivity index (χ1n) is 22.8. The Labute approximate surface area is 393 Å². The fraction of sp³-hybridized carbons (Fsp3) is 0.0167. The van der Waals surface area contributed by atoms with Gasteiger partial charge in [-0.2, -0.15) is 10.5 Å². The number of nitriles is 2. The highest BCUT2D eigenvalue weighted by molar-refractivity contribution is 6.13. The van der Waals surface area contributed by atoms with Gasteiger partial charge in [-0.1, -0.05) is 60.7 Å². The first-order chi connectivity index (χ1) is 34.1. The zero-order chi connectivity index (χ0) is 45.5. The van der Waals surface area contributed by atoms with E-state index in [0.717, 1.165) is 128 Å². The quantitative estimate of drug-likeness (QED) is 0.175. The lowest BCUT2D eigenvalue weighted by Crippen LogP contribution is -2.33. The Morgan fingerprint density at radius 3 is 1.68 bits per heavy atom. The van der Waals surface area contributed by atoms with Crippen LogP contribution in [0.2, 0.25) is 0 Å². The number of hydrogen-bond donors (Lipinski definition) is 0. The number of aromatic nitrogens is 6. The Morgan fingerprint density at radius 2 is 0.986 bits per heavy atom. The summed E-state index contributed by atoms with van der Waals surface area (Å²) in [5, 5.41) is 26.1. The van der Waals surface area contributed by atoms with Crippen LogP contribution in [-0.4, -0.2) is 28.7 Å². The maximum atomic E-state index is 9.98. The van der Waals surface area contributed by atoms with E-state index >= 15 is 0 Å². The molecule has 2 aliphatic rings. The van der Waals surface area contributed by atoms with Crippen LogP contribution in [0, 0.1) is 22.7 Å². The highest BCUT2D eigenvalue weighted by atomic mass is 16.5. The first kappa shape index (κ1) is 37.4. The predicted octanol–water partition coefficient (Wildman–Crippen LogP) is 13.4. The molecular formula is C60H32N8O. The summed E-state index contributed by atoms with van der Waals surface area (Å²) < 4.78 is 14.2. The predicted molar refractivity (Wildman–Crippen MR) is 270 cm³/mol. The standard InChI is InChI=1S/C60H32N8O/c61-32-35-16-21-50-42(28-35)39-8-1-3-12-48(39)66(50)37-19-23-51-44(30-37)41-24-27-63-34-54(41)67(51)38-18-20-45-56(31-38)69-55-15-5-14-53(68-49-13-4-2-9-40(49)43-29-36(33-62)17-22-52(43)68)57(55)60(45)46-10-6-25-64-58(46)59-47(60)11-7-26-65-59/h1-31,34H. The lowest BCUT2D eigenvalue weighted by Gasteiger charge is -2.40. The maximum absolute atomic E-state index is 9.98. The van der Waals surface area contributed by atoms with Crippen LogP contribution in [0.3, 0.4) is 0 Å². The van der Waals surface area contributed by atoms with Crippen molar-refractivity contribution in [3.05, 3.63) is 228 Å². The number of nitrogens with zero attached hydrogens (tertiary/aromatic N) is 8. The molecule has 0 fully saturated rings. The number of rotatable bonds is 3. The molecule has 15 rings (SSSR count). The zero-order valence-electron chi connectivity index (χ0n) is 36.5. The smallest absolute Gasteiger partial charge is 0.134 e. The van der Waals surface area contributed by atoms with Gasteiger partial charge >= 0.3 is 0 Å². The maximum Gasteiger partial charge on any atom is 0.134 e. The Hall–Kier alpha value is -9.83. The molecule has 0 bridgehead atoms. The van der Waals surface area contributed by atoms with Crippen molar-refractivity contribution in [2.45, 2.75) is 5.41 Å². The highest BCUT2D eigenvalue weighted by Gasteiger charge is 2.54. The summed E-state index contributed by atoms with van der Waals surface area (Å²) in [4.78, 5) is 14.7. The van der Waals surface area contributed by atoms with E-state index < -0.39 is 5.41 Å². The van der Waals surface area contributed by atoms with Crippen molar-refractivity contribution < 1.29 is 4.74 Å². The van der Waals surface area contributed by atoms with Crippen molar-refractivity contribution in [3.63, 3.8) is 0 Å². The van der Waals surface area contributed by atoms with Crippen molar-refractivity contribution in [3.8, 4) is 52.1 Å². The van der Waals surface area contributed by atoms with Crippen molar-refractivity contribution in [2.75, 3.05) is 0 Å². The molecule has 0 radical (unpaired) electrons. The molecule has 0 N–H and O–H groups in total. The molecule has 9 heteroatoms. The lowest BCUT2D eigenvalue weighted by atomic mass is 9.65. The Morgan fingerprint density at radius 1 is 0.420 bits per heavy atom. The van der Waals surface area contributed by atoms with Crippen LogP contribution >= 0.6 is 0 Å². The van der Waals surface area contributed by atoms with Crippen molar-refractivity contribution in [1.29, 1.82) is 10.5 Å². The molecule has 9 nitrogen and oxygen atoms in total. The SMILES string of the molecule is N#Cc1ccc2c(c1)c1ccccc1n2-c1ccc2c(c1)c1ccncc1n2-c1ccc2c(c1)Oc1cccc(-n3c4ccccc4c4cc(C#N)ccc43)c1C21c2cccnc2-c2ncccc21. The van der Waals surface area contributed by atoms with Gasteiger partial charge in [-0.25, -0.2) is 0 Å². The minimum Gasteiger partial charge on any atom is -0.457 e. The van der Waals surface area contributed by atoms with E-state index in [1.807, 2.05) is 73.3 Å². The zero-order valence-corrected chi connectivity index (χ0v) is 36.5. The number of fused-ring (bicyclic) bond motifs is 18. The summed E-state index contributed by atoms with van der Waals surface area (Å²) in [6.45, 7) is 0. The second kappa shape index (κ2) is 13.6. The van der Waals surface area contributed by atoms with Gasteiger partial charge in [0.15, 0.2) is 0 Å². The molecule has 6 aromatic heterocycles. The monoisotopic (exact) mass is 880 g/mol. The van der Waals surface area contributed by atoms with Crippen molar-refractivity contribution >= 4 is 65.4 Å². The molecule has 0 atom stereocenters. The van der Waals surface area contributed by atoms with Crippen molar-refractivity contribution in [2.24, 2.45) is 0 Å². The molecule has 0 unspecified atom stereocenters. The summed E-state index contributed by atoms with van der Waals surface area (Å²) >= 11 is 0. The largest absolute Gasteiger partial charge is 0.457 e. The number of ether oxygens (including phenoxy) is 1. The summed E-state index contributed by atoms with van der Waals surface area (Å²) in [6, 6.07) is 63.4. The molecule has 318 valence electrons. The second-order valence-corrected chi connectivity index (χ2v) is 17.8. The van der Waals surface area contributed by atoms with Gasteiger partial charge in [-0.15, -0.1) is 0 Å². The third-order valence-electron chi connectivity index (χ3n) is 14.5. The minimum atomic E-state index is -0.886. The van der Waals surface area contributed by atoms with Gasteiger partial charge in [0.25, 0.3) is 0 Å².